The second-order valence-electron chi connectivity index (χ2n) is 4.02. The van der Waals surface area contributed by atoms with Crippen molar-refractivity contribution in [3.63, 3.8) is 0 Å². The van der Waals surface area contributed by atoms with Crippen molar-refractivity contribution in [2.75, 3.05) is 20.8 Å². The molecule has 0 saturated carbocycles. The number of rotatable bonds is 8. The van der Waals surface area contributed by atoms with E-state index in [1.165, 1.54) is 20.3 Å². The number of carbonyl (C=O) groups is 2. The van der Waals surface area contributed by atoms with Crippen LogP contribution in [0.1, 0.15) is 29.6 Å². The third-order valence-electron chi connectivity index (χ3n) is 2.67. The predicted octanol–water partition coefficient (Wildman–Crippen LogP) is 2.88. The maximum Gasteiger partial charge on any atom is 0.305 e. The molecule has 1 aromatic carbocycles. The summed E-state index contributed by atoms with van der Waals surface area (Å²) in [5, 5.41) is 0.354. The number of benzene rings is 1. The maximum absolute atomic E-state index is 11.0. The van der Waals surface area contributed by atoms with Gasteiger partial charge in [0.1, 0.15) is 11.5 Å². The first-order chi connectivity index (χ1) is 9.62. The van der Waals surface area contributed by atoms with E-state index < -0.39 is 0 Å². The van der Waals surface area contributed by atoms with Crippen molar-refractivity contribution in [1.82, 2.24) is 0 Å². The second kappa shape index (κ2) is 8.43. The van der Waals surface area contributed by atoms with Gasteiger partial charge in [-0.25, -0.2) is 0 Å². The summed E-state index contributed by atoms with van der Waals surface area (Å²) in [6, 6.07) is 3.07. The predicted molar refractivity (Wildman–Crippen MR) is 74.8 cm³/mol. The number of carbonyl (C=O) groups excluding carboxylic acids is 2. The van der Waals surface area contributed by atoms with E-state index in [-0.39, 0.29) is 5.97 Å². The fourth-order valence-electron chi connectivity index (χ4n) is 1.58. The minimum absolute atomic E-state index is 0.244. The van der Waals surface area contributed by atoms with Crippen LogP contribution in [0.2, 0.25) is 5.02 Å². The minimum Gasteiger partial charge on any atom is -0.495 e. The molecule has 0 bridgehead atoms. The van der Waals surface area contributed by atoms with Crippen molar-refractivity contribution in [2.45, 2.75) is 19.3 Å². The summed E-state index contributed by atoms with van der Waals surface area (Å²) in [6.07, 6.45) is 2.37. The lowest BCUT2D eigenvalue weighted by Gasteiger charge is -2.11. The molecule has 110 valence electrons. The Morgan fingerprint density at radius 1 is 1.25 bits per heavy atom. The number of halogens is 1. The highest BCUT2D eigenvalue weighted by atomic mass is 35.5. The van der Waals surface area contributed by atoms with Gasteiger partial charge in [0, 0.05) is 12.5 Å². The van der Waals surface area contributed by atoms with Crippen LogP contribution in [0.25, 0.3) is 0 Å². The third kappa shape index (κ3) is 4.74. The zero-order valence-electron chi connectivity index (χ0n) is 11.5. The molecule has 0 fully saturated rings. The molecule has 0 amide bonds. The summed E-state index contributed by atoms with van der Waals surface area (Å²) < 4.78 is 15.1. The zero-order chi connectivity index (χ0) is 15.0. The smallest absolute Gasteiger partial charge is 0.305 e. The Morgan fingerprint density at radius 3 is 2.60 bits per heavy atom. The Kier molecular flexibility index (Phi) is 6.87. The standard InChI is InChI=1S/C14H17ClO5/c1-18-13-8-12(10(9-16)7-11(13)15)20-6-4-3-5-14(17)19-2/h7-9H,3-6H2,1-2H3. The Hall–Kier alpha value is -1.75. The number of methoxy groups -OCH3 is 2. The van der Waals surface area contributed by atoms with E-state index in [0.717, 1.165) is 0 Å². The number of ether oxygens (including phenoxy) is 3. The molecule has 0 saturated heterocycles. The quantitative estimate of drug-likeness (QED) is 0.420. The molecule has 0 atom stereocenters. The Bertz CT molecular complexity index is 473. The van der Waals surface area contributed by atoms with Gasteiger partial charge in [-0.05, 0) is 18.9 Å². The first kappa shape index (κ1) is 16.3. The number of hydrogen-bond donors (Lipinski definition) is 0. The van der Waals surface area contributed by atoms with Crippen LogP contribution >= 0.6 is 11.6 Å². The first-order valence-corrected chi connectivity index (χ1v) is 6.52. The summed E-state index contributed by atoms with van der Waals surface area (Å²) in [5.41, 5.74) is 0.365. The normalized spacial score (nSPS) is 9.95. The van der Waals surface area contributed by atoms with Crippen LogP contribution in [0.3, 0.4) is 0 Å². The molecule has 20 heavy (non-hydrogen) atoms. The third-order valence-corrected chi connectivity index (χ3v) is 2.97. The molecule has 0 aliphatic heterocycles. The molecule has 0 aliphatic rings. The first-order valence-electron chi connectivity index (χ1n) is 6.14. The molecule has 0 N–H and O–H groups in total. The Morgan fingerprint density at radius 2 is 2.00 bits per heavy atom. The van der Waals surface area contributed by atoms with Gasteiger partial charge in [0.15, 0.2) is 6.29 Å². The molecular weight excluding hydrogens is 284 g/mol. The molecule has 0 aliphatic carbocycles. The SMILES string of the molecule is COC(=O)CCCCOc1cc(OC)c(Cl)cc1C=O. The van der Waals surface area contributed by atoms with Crippen molar-refractivity contribution in [3.05, 3.63) is 22.7 Å². The molecule has 0 unspecified atom stereocenters. The number of hydrogen-bond acceptors (Lipinski definition) is 5. The van der Waals surface area contributed by atoms with E-state index in [1.807, 2.05) is 0 Å². The summed E-state index contributed by atoms with van der Waals surface area (Å²) in [6.45, 7) is 0.391. The van der Waals surface area contributed by atoms with Gasteiger partial charge in [0.05, 0.1) is 31.4 Å². The minimum atomic E-state index is -0.244. The molecule has 0 spiro atoms. The van der Waals surface area contributed by atoms with Gasteiger partial charge in [-0.2, -0.15) is 0 Å². The molecular formula is C14H17ClO5. The van der Waals surface area contributed by atoms with Gasteiger partial charge < -0.3 is 14.2 Å². The van der Waals surface area contributed by atoms with Gasteiger partial charge in [0.25, 0.3) is 0 Å². The molecule has 1 rings (SSSR count). The average Bonchev–Trinajstić information content (AvgIpc) is 2.47. The van der Waals surface area contributed by atoms with Gasteiger partial charge in [-0.1, -0.05) is 11.6 Å². The van der Waals surface area contributed by atoms with Gasteiger partial charge in [-0.15, -0.1) is 0 Å². The summed E-state index contributed by atoms with van der Waals surface area (Å²) in [5.74, 6) is 0.618. The van der Waals surface area contributed by atoms with E-state index in [1.54, 1.807) is 6.07 Å². The molecule has 1 aromatic rings. The highest BCUT2D eigenvalue weighted by Crippen LogP contribution is 2.31. The van der Waals surface area contributed by atoms with Crippen molar-refractivity contribution in [2.24, 2.45) is 0 Å². The van der Waals surface area contributed by atoms with Crippen molar-refractivity contribution in [3.8, 4) is 11.5 Å². The Balaban J connectivity index is 2.54. The summed E-state index contributed by atoms with van der Waals surface area (Å²) in [4.78, 5) is 21.9. The fourth-order valence-corrected chi connectivity index (χ4v) is 1.83. The molecule has 0 aromatic heterocycles. The largest absolute Gasteiger partial charge is 0.495 e. The number of unbranched alkanes of at least 4 members (excludes halogenated alkanes) is 1. The van der Waals surface area contributed by atoms with Crippen molar-refractivity contribution >= 4 is 23.9 Å². The number of aldehydes is 1. The van der Waals surface area contributed by atoms with Crippen LogP contribution in [0, 0.1) is 0 Å². The van der Waals surface area contributed by atoms with E-state index in [2.05, 4.69) is 4.74 Å². The van der Waals surface area contributed by atoms with Crippen LogP contribution in [0.4, 0.5) is 0 Å². The van der Waals surface area contributed by atoms with Gasteiger partial charge in [0.2, 0.25) is 0 Å². The molecule has 5 nitrogen and oxygen atoms in total. The van der Waals surface area contributed by atoms with E-state index >= 15 is 0 Å². The molecule has 0 heterocycles. The lowest BCUT2D eigenvalue weighted by Crippen LogP contribution is -2.04. The van der Waals surface area contributed by atoms with Crippen LogP contribution in [-0.4, -0.2) is 33.1 Å². The van der Waals surface area contributed by atoms with Crippen molar-refractivity contribution in [1.29, 1.82) is 0 Å². The van der Waals surface area contributed by atoms with Crippen LogP contribution in [0.15, 0.2) is 12.1 Å². The zero-order valence-corrected chi connectivity index (χ0v) is 12.2. The van der Waals surface area contributed by atoms with Crippen LogP contribution in [0.5, 0.6) is 11.5 Å². The van der Waals surface area contributed by atoms with E-state index in [9.17, 15) is 9.59 Å². The summed E-state index contributed by atoms with van der Waals surface area (Å²) >= 11 is 5.92. The molecule has 0 radical (unpaired) electrons. The van der Waals surface area contributed by atoms with Crippen molar-refractivity contribution < 1.29 is 23.8 Å². The van der Waals surface area contributed by atoms with Crippen LogP contribution in [-0.2, 0) is 9.53 Å². The highest BCUT2D eigenvalue weighted by Gasteiger charge is 2.10. The van der Waals surface area contributed by atoms with Crippen LogP contribution < -0.4 is 9.47 Å². The topological polar surface area (TPSA) is 61.8 Å². The second-order valence-corrected chi connectivity index (χ2v) is 4.43. The monoisotopic (exact) mass is 300 g/mol. The van der Waals surface area contributed by atoms with Gasteiger partial charge in [-0.3, -0.25) is 9.59 Å². The number of esters is 1. The van der Waals surface area contributed by atoms with E-state index in [4.69, 9.17) is 21.1 Å². The van der Waals surface area contributed by atoms with E-state index in [0.29, 0.717) is 54.2 Å². The highest BCUT2D eigenvalue weighted by molar-refractivity contribution is 6.32. The maximum atomic E-state index is 11.0. The summed E-state index contributed by atoms with van der Waals surface area (Å²) in [7, 11) is 2.84. The molecule has 6 heteroatoms. The Labute approximate surface area is 122 Å². The van der Waals surface area contributed by atoms with Gasteiger partial charge >= 0.3 is 5.97 Å². The lowest BCUT2D eigenvalue weighted by molar-refractivity contribution is -0.140. The fraction of sp³-hybridized carbons (Fsp3) is 0.429. The lowest BCUT2D eigenvalue weighted by atomic mass is 10.2. The average molecular weight is 301 g/mol.